The molecule has 0 bridgehead atoms. The zero-order chi connectivity index (χ0) is 15.1. The number of benzene rings is 2. The number of rotatable bonds is 6. The molecule has 21 heavy (non-hydrogen) atoms. The molecular weight excluding hydrogens is 262 g/mol. The number of nitrogens with one attached hydrogen (secondary N) is 1. The number of aliphatic hydroxyl groups is 1. The Balaban J connectivity index is 1.89. The van der Waals surface area contributed by atoms with Crippen LogP contribution in [0, 0.1) is 0 Å². The van der Waals surface area contributed by atoms with Gasteiger partial charge in [0.15, 0.2) is 0 Å². The van der Waals surface area contributed by atoms with Gasteiger partial charge in [-0.25, -0.2) is 0 Å². The van der Waals surface area contributed by atoms with Crippen molar-refractivity contribution < 1.29 is 9.90 Å². The maximum atomic E-state index is 11.8. The molecule has 3 heteroatoms. The predicted molar refractivity (Wildman–Crippen MR) is 84.9 cm³/mol. The summed E-state index contributed by atoms with van der Waals surface area (Å²) in [7, 11) is 0. The second-order valence-electron chi connectivity index (χ2n) is 5.23. The molecular formula is C18H21NO2. The summed E-state index contributed by atoms with van der Waals surface area (Å²) in [5, 5.41) is 12.0. The zero-order valence-electron chi connectivity index (χ0n) is 12.3. The standard InChI is InChI=1S/C18H21NO2/c1-14(20)11-12-19-18(21)13-15-7-9-17(10-8-15)16-5-3-2-4-6-16/h2-10,14,20H,11-13H2,1H3,(H,19,21). The molecule has 0 heterocycles. The highest BCUT2D eigenvalue weighted by molar-refractivity contribution is 5.78. The molecule has 0 fully saturated rings. The third-order valence-corrected chi connectivity index (χ3v) is 3.31. The van der Waals surface area contributed by atoms with Crippen molar-refractivity contribution in [2.24, 2.45) is 0 Å². The Morgan fingerprint density at radius 2 is 1.67 bits per heavy atom. The lowest BCUT2D eigenvalue weighted by atomic mass is 10.0. The highest BCUT2D eigenvalue weighted by Crippen LogP contribution is 2.19. The Bertz CT molecular complexity index is 562. The first-order valence-corrected chi connectivity index (χ1v) is 7.24. The molecule has 2 N–H and O–H groups in total. The van der Waals surface area contributed by atoms with Gasteiger partial charge in [0.05, 0.1) is 12.5 Å². The van der Waals surface area contributed by atoms with Gasteiger partial charge >= 0.3 is 0 Å². The molecule has 1 atom stereocenters. The quantitative estimate of drug-likeness (QED) is 0.856. The summed E-state index contributed by atoms with van der Waals surface area (Å²) in [5.74, 6) is -0.0110. The van der Waals surface area contributed by atoms with Gasteiger partial charge in [-0.05, 0) is 30.0 Å². The molecule has 2 rings (SSSR count). The Kier molecular flexibility index (Phi) is 5.52. The summed E-state index contributed by atoms with van der Waals surface area (Å²) in [6.07, 6.45) is 0.573. The number of carbonyl (C=O) groups excluding carboxylic acids is 1. The van der Waals surface area contributed by atoms with Crippen LogP contribution >= 0.6 is 0 Å². The summed E-state index contributed by atoms with van der Waals surface area (Å²) in [5.41, 5.74) is 3.31. The van der Waals surface area contributed by atoms with Crippen LogP contribution in [0.3, 0.4) is 0 Å². The Morgan fingerprint density at radius 3 is 2.29 bits per heavy atom. The van der Waals surface area contributed by atoms with Crippen molar-refractivity contribution in [3.63, 3.8) is 0 Å². The molecule has 2 aromatic rings. The van der Waals surface area contributed by atoms with Gasteiger partial charge in [0, 0.05) is 6.54 Å². The predicted octanol–water partition coefficient (Wildman–Crippen LogP) is 2.78. The summed E-state index contributed by atoms with van der Waals surface area (Å²) in [6, 6.07) is 18.2. The lowest BCUT2D eigenvalue weighted by Crippen LogP contribution is -2.27. The molecule has 110 valence electrons. The van der Waals surface area contributed by atoms with Gasteiger partial charge in [0.2, 0.25) is 5.91 Å². The third kappa shape index (κ3) is 5.04. The third-order valence-electron chi connectivity index (χ3n) is 3.31. The van der Waals surface area contributed by atoms with Crippen LogP contribution in [0.15, 0.2) is 54.6 Å². The van der Waals surface area contributed by atoms with Crippen LogP contribution in [0.2, 0.25) is 0 Å². The van der Waals surface area contributed by atoms with Crippen LogP contribution in [-0.4, -0.2) is 23.7 Å². The second kappa shape index (κ2) is 7.60. The minimum atomic E-state index is -0.379. The van der Waals surface area contributed by atoms with E-state index in [1.807, 2.05) is 42.5 Å². The molecule has 0 saturated heterocycles. The SMILES string of the molecule is CC(O)CCNC(=O)Cc1ccc(-c2ccccc2)cc1. The number of carbonyl (C=O) groups is 1. The molecule has 0 aliphatic heterocycles. The van der Waals surface area contributed by atoms with E-state index in [2.05, 4.69) is 17.4 Å². The molecule has 3 nitrogen and oxygen atoms in total. The Hall–Kier alpha value is -2.13. The van der Waals surface area contributed by atoms with Gasteiger partial charge in [-0.2, -0.15) is 0 Å². The number of amides is 1. The van der Waals surface area contributed by atoms with Crippen molar-refractivity contribution >= 4 is 5.91 Å². The van der Waals surface area contributed by atoms with Crippen LogP contribution in [0.4, 0.5) is 0 Å². The molecule has 0 spiro atoms. The van der Waals surface area contributed by atoms with E-state index >= 15 is 0 Å². The molecule has 0 radical (unpaired) electrons. The Labute approximate surface area is 125 Å². The molecule has 2 aromatic carbocycles. The van der Waals surface area contributed by atoms with Crippen LogP contribution < -0.4 is 5.32 Å². The van der Waals surface area contributed by atoms with Crippen LogP contribution in [-0.2, 0) is 11.2 Å². The highest BCUT2D eigenvalue weighted by atomic mass is 16.3. The van der Waals surface area contributed by atoms with Gasteiger partial charge in [0.25, 0.3) is 0 Å². The van der Waals surface area contributed by atoms with Crippen molar-refractivity contribution in [3.05, 3.63) is 60.2 Å². The molecule has 0 aromatic heterocycles. The molecule has 0 saturated carbocycles. The fourth-order valence-corrected chi connectivity index (χ4v) is 2.11. The van der Waals surface area contributed by atoms with E-state index in [0.29, 0.717) is 19.4 Å². The van der Waals surface area contributed by atoms with E-state index < -0.39 is 0 Å². The average molecular weight is 283 g/mol. The Morgan fingerprint density at radius 1 is 1.05 bits per heavy atom. The largest absolute Gasteiger partial charge is 0.393 e. The van der Waals surface area contributed by atoms with Crippen LogP contribution in [0.5, 0.6) is 0 Å². The van der Waals surface area contributed by atoms with E-state index in [0.717, 1.165) is 11.1 Å². The lowest BCUT2D eigenvalue weighted by Gasteiger charge is -2.07. The van der Waals surface area contributed by atoms with Crippen molar-refractivity contribution in [2.75, 3.05) is 6.54 Å². The summed E-state index contributed by atoms with van der Waals surface area (Å²) in [6.45, 7) is 2.23. The van der Waals surface area contributed by atoms with Gasteiger partial charge in [-0.3, -0.25) is 4.79 Å². The number of hydrogen-bond acceptors (Lipinski definition) is 2. The first-order chi connectivity index (χ1) is 10.1. The second-order valence-corrected chi connectivity index (χ2v) is 5.23. The smallest absolute Gasteiger partial charge is 0.224 e. The first-order valence-electron chi connectivity index (χ1n) is 7.24. The minimum absolute atomic E-state index is 0.0110. The van der Waals surface area contributed by atoms with E-state index in [4.69, 9.17) is 5.11 Å². The van der Waals surface area contributed by atoms with Gasteiger partial charge < -0.3 is 10.4 Å². The van der Waals surface area contributed by atoms with E-state index in [1.54, 1.807) is 6.92 Å². The average Bonchev–Trinajstić information content (AvgIpc) is 2.48. The van der Waals surface area contributed by atoms with Crippen molar-refractivity contribution in [1.82, 2.24) is 5.32 Å². The van der Waals surface area contributed by atoms with Gasteiger partial charge in [0.1, 0.15) is 0 Å². The highest BCUT2D eigenvalue weighted by Gasteiger charge is 2.04. The van der Waals surface area contributed by atoms with Crippen molar-refractivity contribution in [1.29, 1.82) is 0 Å². The van der Waals surface area contributed by atoms with E-state index in [9.17, 15) is 4.79 Å². The molecule has 1 amide bonds. The summed E-state index contributed by atoms with van der Waals surface area (Å²) in [4.78, 5) is 11.8. The van der Waals surface area contributed by atoms with Crippen molar-refractivity contribution in [3.8, 4) is 11.1 Å². The van der Waals surface area contributed by atoms with E-state index in [-0.39, 0.29) is 12.0 Å². The maximum absolute atomic E-state index is 11.8. The normalized spacial score (nSPS) is 11.9. The zero-order valence-corrected chi connectivity index (χ0v) is 12.3. The molecule has 0 aliphatic rings. The van der Waals surface area contributed by atoms with Crippen LogP contribution in [0.1, 0.15) is 18.9 Å². The van der Waals surface area contributed by atoms with Gasteiger partial charge in [-0.15, -0.1) is 0 Å². The topological polar surface area (TPSA) is 49.3 Å². The van der Waals surface area contributed by atoms with Crippen LogP contribution in [0.25, 0.3) is 11.1 Å². The fraction of sp³-hybridized carbons (Fsp3) is 0.278. The molecule has 1 unspecified atom stereocenters. The summed E-state index contributed by atoms with van der Waals surface area (Å²) >= 11 is 0. The minimum Gasteiger partial charge on any atom is -0.393 e. The van der Waals surface area contributed by atoms with Crippen molar-refractivity contribution in [2.45, 2.75) is 25.9 Å². The maximum Gasteiger partial charge on any atom is 0.224 e. The number of hydrogen-bond donors (Lipinski definition) is 2. The van der Waals surface area contributed by atoms with Gasteiger partial charge in [-0.1, -0.05) is 54.6 Å². The first kappa shape index (κ1) is 15.3. The number of aliphatic hydroxyl groups excluding tert-OH is 1. The monoisotopic (exact) mass is 283 g/mol. The lowest BCUT2D eigenvalue weighted by molar-refractivity contribution is -0.120. The summed E-state index contributed by atoms with van der Waals surface area (Å²) < 4.78 is 0. The molecule has 0 aliphatic carbocycles. The van der Waals surface area contributed by atoms with E-state index in [1.165, 1.54) is 5.56 Å². The fourth-order valence-electron chi connectivity index (χ4n) is 2.11.